The van der Waals surface area contributed by atoms with Gasteiger partial charge in [-0.25, -0.2) is 0 Å². The Balaban J connectivity index is 1.97. The number of carbonyl (C=O) groups excluding carboxylic acids is 1. The number of piperidine rings is 1. The van der Waals surface area contributed by atoms with E-state index in [1.807, 2.05) is 0 Å². The van der Waals surface area contributed by atoms with Crippen molar-refractivity contribution < 1.29 is 4.79 Å². The van der Waals surface area contributed by atoms with Gasteiger partial charge in [-0.2, -0.15) is 0 Å². The maximum atomic E-state index is 11.0. The minimum atomic E-state index is 0.0664. The van der Waals surface area contributed by atoms with Crippen LogP contribution in [0.4, 0.5) is 5.69 Å². The lowest BCUT2D eigenvalue weighted by molar-refractivity contribution is -0.119. The molecule has 4 heteroatoms. The second-order valence-corrected chi connectivity index (χ2v) is 5.94. The lowest BCUT2D eigenvalue weighted by atomic mass is 9.94. The highest BCUT2D eigenvalue weighted by atomic mass is 16.1. The summed E-state index contributed by atoms with van der Waals surface area (Å²) in [6.45, 7) is 6.59. The summed E-state index contributed by atoms with van der Waals surface area (Å²) in [4.78, 5) is 13.4. The van der Waals surface area contributed by atoms with E-state index in [1.54, 1.807) is 6.92 Å². The number of hydrogen-bond donors (Lipinski definition) is 2. The van der Waals surface area contributed by atoms with Crippen LogP contribution in [0, 0.1) is 5.92 Å². The Morgan fingerprint density at radius 1 is 1.38 bits per heavy atom. The van der Waals surface area contributed by atoms with Crippen molar-refractivity contribution >= 4 is 11.6 Å². The van der Waals surface area contributed by atoms with Gasteiger partial charge in [0.25, 0.3) is 0 Å². The SMILES string of the molecule is CC[C@@H](N)c1ccccc1N1CCC(CNC(C)=O)CC1. The van der Waals surface area contributed by atoms with Crippen LogP contribution >= 0.6 is 0 Å². The third kappa shape index (κ3) is 4.21. The number of carbonyl (C=O) groups is 1. The highest BCUT2D eigenvalue weighted by molar-refractivity contribution is 5.72. The maximum Gasteiger partial charge on any atom is 0.216 e. The molecule has 116 valence electrons. The summed E-state index contributed by atoms with van der Waals surface area (Å²) in [6, 6.07) is 8.59. The first kappa shape index (κ1) is 15.8. The minimum absolute atomic E-state index is 0.0664. The number of nitrogens with two attached hydrogens (primary N) is 1. The van der Waals surface area contributed by atoms with Gasteiger partial charge in [-0.3, -0.25) is 4.79 Å². The molecule has 2 rings (SSSR count). The predicted octanol–water partition coefficient (Wildman–Crippen LogP) is 2.45. The van der Waals surface area contributed by atoms with Gasteiger partial charge in [-0.05, 0) is 36.8 Å². The Morgan fingerprint density at radius 3 is 2.67 bits per heavy atom. The molecule has 4 nitrogen and oxygen atoms in total. The largest absolute Gasteiger partial charge is 0.371 e. The predicted molar refractivity (Wildman–Crippen MR) is 87.3 cm³/mol. The topological polar surface area (TPSA) is 58.4 Å². The molecule has 1 aliphatic rings. The lowest BCUT2D eigenvalue weighted by Gasteiger charge is -2.35. The summed E-state index contributed by atoms with van der Waals surface area (Å²) in [5, 5.41) is 2.93. The molecule has 3 N–H and O–H groups in total. The Morgan fingerprint density at radius 2 is 2.05 bits per heavy atom. The fraction of sp³-hybridized carbons (Fsp3) is 0.588. The van der Waals surface area contributed by atoms with E-state index >= 15 is 0 Å². The first-order valence-corrected chi connectivity index (χ1v) is 7.95. The van der Waals surface area contributed by atoms with Crippen LogP contribution < -0.4 is 16.0 Å². The van der Waals surface area contributed by atoms with E-state index in [2.05, 4.69) is 41.4 Å². The molecular formula is C17H27N3O. The van der Waals surface area contributed by atoms with E-state index in [-0.39, 0.29) is 11.9 Å². The highest BCUT2D eigenvalue weighted by Crippen LogP contribution is 2.30. The average molecular weight is 289 g/mol. The molecular weight excluding hydrogens is 262 g/mol. The monoisotopic (exact) mass is 289 g/mol. The Bertz CT molecular complexity index is 467. The number of hydrogen-bond acceptors (Lipinski definition) is 3. The molecule has 0 saturated carbocycles. The van der Waals surface area contributed by atoms with Crippen molar-refractivity contribution in [3.8, 4) is 0 Å². The van der Waals surface area contributed by atoms with Gasteiger partial charge >= 0.3 is 0 Å². The summed E-state index contributed by atoms with van der Waals surface area (Å²) in [5.41, 5.74) is 8.77. The van der Waals surface area contributed by atoms with Gasteiger partial charge in [0, 0.05) is 38.3 Å². The zero-order chi connectivity index (χ0) is 15.2. The van der Waals surface area contributed by atoms with E-state index in [9.17, 15) is 4.79 Å². The molecule has 1 aromatic carbocycles. The summed E-state index contributed by atoms with van der Waals surface area (Å²) in [7, 11) is 0. The zero-order valence-electron chi connectivity index (χ0n) is 13.1. The molecule has 0 aromatic heterocycles. The van der Waals surface area contributed by atoms with Crippen LogP contribution in [0.2, 0.25) is 0 Å². The molecule has 0 bridgehead atoms. The molecule has 1 atom stereocenters. The van der Waals surface area contributed by atoms with Crippen LogP contribution in [0.1, 0.15) is 44.7 Å². The molecule has 1 heterocycles. The molecule has 0 unspecified atom stereocenters. The van der Waals surface area contributed by atoms with E-state index in [0.29, 0.717) is 5.92 Å². The molecule has 0 spiro atoms. The average Bonchev–Trinajstić information content (AvgIpc) is 2.52. The van der Waals surface area contributed by atoms with Gasteiger partial charge in [-0.1, -0.05) is 25.1 Å². The van der Waals surface area contributed by atoms with Gasteiger partial charge in [-0.15, -0.1) is 0 Å². The highest BCUT2D eigenvalue weighted by Gasteiger charge is 2.22. The first-order chi connectivity index (χ1) is 10.1. The van der Waals surface area contributed by atoms with Crippen molar-refractivity contribution in [1.29, 1.82) is 0 Å². The Hall–Kier alpha value is -1.55. The standard InChI is InChI=1S/C17H27N3O/c1-3-16(18)15-6-4-5-7-17(15)20-10-8-14(9-11-20)12-19-13(2)21/h4-7,14,16H,3,8-12,18H2,1-2H3,(H,19,21)/t16-/m1/s1. The van der Waals surface area contributed by atoms with Gasteiger partial charge in [0.2, 0.25) is 5.91 Å². The molecule has 1 fully saturated rings. The number of benzene rings is 1. The van der Waals surface area contributed by atoms with Crippen LogP contribution in [-0.2, 0) is 4.79 Å². The van der Waals surface area contributed by atoms with Crippen LogP contribution in [-0.4, -0.2) is 25.5 Å². The third-order valence-electron chi connectivity index (χ3n) is 4.37. The molecule has 1 saturated heterocycles. The summed E-state index contributed by atoms with van der Waals surface area (Å²) < 4.78 is 0. The van der Waals surface area contributed by atoms with Gasteiger partial charge in [0.1, 0.15) is 0 Å². The van der Waals surface area contributed by atoms with Crippen molar-refractivity contribution in [2.24, 2.45) is 11.7 Å². The normalized spacial score (nSPS) is 17.6. The molecule has 21 heavy (non-hydrogen) atoms. The molecule has 1 aromatic rings. The van der Waals surface area contributed by atoms with E-state index in [0.717, 1.165) is 38.9 Å². The first-order valence-electron chi connectivity index (χ1n) is 7.95. The van der Waals surface area contributed by atoms with E-state index in [1.165, 1.54) is 11.3 Å². The number of anilines is 1. The quantitative estimate of drug-likeness (QED) is 0.875. The Kier molecular flexibility index (Phi) is 5.62. The number of amides is 1. The number of para-hydroxylation sites is 1. The van der Waals surface area contributed by atoms with Crippen LogP contribution in [0.3, 0.4) is 0 Å². The lowest BCUT2D eigenvalue weighted by Crippen LogP contribution is -2.38. The maximum absolute atomic E-state index is 11.0. The second-order valence-electron chi connectivity index (χ2n) is 5.94. The minimum Gasteiger partial charge on any atom is -0.371 e. The van der Waals surface area contributed by atoms with E-state index < -0.39 is 0 Å². The summed E-state index contributed by atoms with van der Waals surface area (Å²) in [6.07, 6.45) is 3.20. The second kappa shape index (κ2) is 7.46. The summed E-state index contributed by atoms with van der Waals surface area (Å²) >= 11 is 0. The smallest absolute Gasteiger partial charge is 0.216 e. The van der Waals surface area contributed by atoms with Gasteiger partial charge in [0.15, 0.2) is 0 Å². The Labute approximate surface area is 127 Å². The number of nitrogens with one attached hydrogen (secondary N) is 1. The number of rotatable bonds is 5. The molecule has 1 aliphatic heterocycles. The van der Waals surface area contributed by atoms with Crippen LogP contribution in [0.5, 0.6) is 0 Å². The molecule has 0 radical (unpaired) electrons. The number of nitrogens with zero attached hydrogens (tertiary/aromatic N) is 1. The van der Waals surface area contributed by atoms with Crippen molar-refractivity contribution in [2.45, 2.75) is 39.2 Å². The fourth-order valence-electron chi connectivity index (χ4n) is 2.98. The van der Waals surface area contributed by atoms with Crippen molar-refractivity contribution in [3.63, 3.8) is 0 Å². The fourth-order valence-corrected chi connectivity index (χ4v) is 2.98. The van der Waals surface area contributed by atoms with E-state index in [4.69, 9.17) is 5.73 Å². The molecule has 0 aliphatic carbocycles. The third-order valence-corrected chi connectivity index (χ3v) is 4.37. The van der Waals surface area contributed by atoms with Crippen molar-refractivity contribution in [1.82, 2.24) is 5.32 Å². The van der Waals surface area contributed by atoms with Crippen molar-refractivity contribution in [3.05, 3.63) is 29.8 Å². The van der Waals surface area contributed by atoms with Gasteiger partial charge in [0.05, 0.1) is 0 Å². The zero-order valence-corrected chi connectivity index (χ0v) is 13.1. The van der Waals surface area contributed by atoms with Crippen LogP contribution in [0.15, 0.2) is 24.3 Å². The molecule has 1 amide bonds. The van der Waals surface area contributed by atoms with Crippen LogP contribution in [0.25, 0.3) is 0 Å². The van der Waals surface area contributed by atoms with Gasteiger partial charge < -0.3 is 16.0 Å². The van der Waals surface area contributed by atoms with Crippen molar-refractivity contribution in [2.75, 3.05) is 24.5 Å². The summed E-state index contributed by atoms with van der Waals surface area (Å²) in [5.74, 6) is 0.661.